The number of carbonyl (C=O) groups is 2. The van der Waals surface area contributed by atoms with Crippen LogP contribution in [0.1, 0.15) is 10.4 Å². The molecule has 1 aromatic carbocycles. The molecule has 19 heavy (non-hydrogen) atoms. The first-order valence-electron chi connectivity index (χ1n) is 5.52. The second-order valence-electron chi connectivity index (χ2n) is 3.81. The summed E-state index contributed by atoms with van der Waals surface area (Å²) < 4.78 is 4.76. The Hall–Kier alpha value is -2.00. The van der Waals surface area contributed by atoms with E-state index >= 15 is 0 Å². The fourth-order valence-electron chi connectivity index (χ4n) is 1.21. The van der Waals surface area contributed by atoms with Gasteiger partial charge in [0.25, 0.3) is 0 Å². The summed E-state index contributed by atoms with van der Waals surface area (Å²) in [7, 11) is 3.35. The van der Waals surface area contributed by atoms with E-state index in [1.54, 1.807) is 44.4 Å². The Morgan fingerprint density at radius 2 is 2.05 bits per heavy atom. The molecule has 0 saturated carbocycles. The number of hydrogen-bond acceptors (Lipinski definition) is 5. The third-order valence-corrected chi connectivity index (χ3v) is 3.28. The largest absolute Gasteiger partial charge is 0.447 e. The zero-order valence-corrected chi connectivity index (χ0v) is 11.6. The smallest absolute Gasteiger partial charge is 0.340 e. The Kier molecular flexibility index (Phi) is 5.90. The highest BCUT2D eigenvalue weighted by Gasteiger charge is 2.14. The van der Waals surface area contributed by atoms with Crippen LogP contribution in [0.25, 0.3) is 0 Å². The molecule has 0 fully saturated rings. The van der Waals surface area contributed by atoms with Gasteiger partial charge in [0.05, 0.1) is 11.3 Å². The van der Waals surface area contributed by atoms with E-state index in [0.29, 0.717) is 10.5 Å². The van der Waals surface area contributed by atoms with Crippen molar-refractivity contribution in [2.24, 2.45) is 0 Å². The van der Waals surface area contributed by atoms with Crippen LogP contribution in [0.15, 0.2) is 29.2 Å². The summed E-state index contributed by atoms with van der Waals surface area (Å²) in [5.74, 6) is -0.345. The number of thioether (sulfide) groups is 1. The molecule has 0 unspecified atom stereocenters. The van der Waals surface area contributed by atoms with Crippen LogP contribution < -0.4 is 0 Å². The Labute approximate surface area is 116 Å². The predicted molar refractivity (Wildman–Crippen MR) is 71.8 cm³/mol. The average molecular weight is 278 g/mol. The maximum atomic E-state index is 11.7. The van der Waals surface area contributed by atoms with E-state index in [-0.39, 0.29) is 18.3 Å². The van der Waals surface area contributed by atoms with Crippen LogP contribution in [0.2, 0.25) is 0 Å². The normalized spacial score (nSPS) is 9.53. The fraction of sp³-hybridized carbons (Fsp3) is 0.308. The molecule has 0 atom stereocenters. The molecule has 0 aromatic heterocycles. The number of nitrogens with zero attached hydrogens (tertiary/aromatic N) is 2. The van der Waals surface area contributed by atoms with E-state index in [4.69, 9.17) is 10.00 Å². The topological polar surface area (TPSA) is 70.4 Å². The summed E-state index contributed by atoms with van der Waals surface area (Å²) in [6.45, 7) is -0.283. The molecule has 6 heteroatoms. The summed E-state index contributed by atoms with van der Waals surface area (Å²) in [5.41, 5.74) is 0.370. The highest BCUT2D eigenvalue weighted by Crippen LogP contribution is 2.23. The zero-order chi connectivity index (χ0) is 14.3. The van der Waals surface area contributed by atoms with Crippen molar-refractivity contribution in [3.63, 3.8) is 0 Å². The standard InChI is InChI=1S/C13H14N2O3S/c1-15(2)12(16)9-19-11-6-4-3-5-10(11)13(17)18-8-7-14/h3-6H,8-9H2,1-2H3. The Balaban J connectivity index is 2.76. The third kappa shape index (κ3) is 4.64. The van der Waals surface area contributed by atoms with Gasteiger partial charge in [-0.1, -0.05) is 12.1 Å². The van der Waals surface area contributed by atoms with Crippen LogP contribution in [0.4, 0.5) is 0 Å². The van der Waals surface area contributed by atoms with Crippen LogP contribution >= 0.6 is 11.8 Å². The summed E-state index contributed by atoms with van der Waals surface area (Å²) in [6, 6.07) is 8.59. The number of amides is 1. The molecular formula is C13H14N2O3S. The Morgan fingerprint density at radius 1 is 1.37 bits per heavy atom. The minimum absolute atomic E-state index is 0.0369. The quantitative estimate of drug-likeness (QED) is 0.603. The number of hydrogen-bond donors (Lipinski definition) is 0. The van der Waals surface area contributed by atoms with Gasteiger partial charge in [-0.05, 0) is 12.1 Å². The van der Waals surface area contributed by atoms with Crippen molar-refractivity contribution < 1.29 is 14.3 Å². The molecule has 0 aliphatic rings. The first-order chi connectivity index (χ1) is 9.06. The molecule has 0 spiro atoms. The van der Waals surface area contributed by atoms with E-state index < -0.39 is 5.97 Å². The Morgan fingerprint density at radius 3 is 2.68 bits per heavy atom. The molecule has 100 valence electrons. The molecule has 0 radical (unpaired) electrons. The lowest BCUT2D eigenvalue weighted by molar-refractivity contribution is -0.125. The van der Waals surface area contributed by atoms with E-state index in [2.05, 4.69) is 0 Å². The molecule has 0 bridgehead atoms. The van der Waals surface area contributed by atoms with Gasteiger partial charge in [-0.2, -0.15) is 5.26 Å². The first kappa shape index (κ1) is 15.1. The summed E-state index contributed by atoms with van der Waals surface area (Å²) in [5, 5.41) is 8.39. The molecule has 0 aliphatic carbocycles. The van der Waals surface area contributed by atoms with Crippen molar-refractivity contribution in [1.29, 1.82) is 5.26 Å². The zero-order valence-electron chi connectivity index (χ0n) is 10.8. The van der Waals surface area contributed by atoms with Crippen molar-refractivity contribution in [2.75, 3.05) is 26.5 Å². The van der Waals surface area contributed by atoms with Crippen molar-refractivity contribution in [2.45, 2.75) is 4.90 Å². The van der Waals surface area contributed by atoms with Crippen molar-refractivity contribution in [1.82, 2.24) is 4.90 Å². The number of ether oxygens (including phenoxy) is 1. The van der Waals surface area contributed by atoms with Gasteiger partial charge in [0.1, 0.15) is 6.07 Å². The van der Waals surface area contributed by atoms with E-state index in [0.717, 1.165) is 0 Å². The number of carbonyl (C=O) groups excluding carboxylic acids is 2. The van der Waals surface area contributed by atoms with Gasteiger partial charge in [-0.25, -0.2) is 4.79 Å². The van der Waals surface area contributed by atoms with Crippen LogP contribution in [-0.4, -0.2) is 43.2 Å². The molecular weight excluding hydrogens is 264 g/mol. The highest BCUT2D eigenvalue weighted by molar-refractivity contribution is 8.00. The van der Waals surface area contributed by atoms with Crippen LogP contribution in [-0.2, 0) is 9.53 Å². The van der Waals surface area contributed by atoms with Gasteiger partial charge in [0.15, 0.2) is 6.61 Å². The van der Waals surface area contributed by atoms with E-state index in [1.165, 1.54) is 16.7 Å². The van der Waals surface area contributed by atoms with E-state index in [9.17, 15) is 9.59 Å². The second-order valence-corrected chi connectivity index (χ2v) is 4.82. The van der Waals surface area contributed by atoms with Crippen LogP contribution in [0.3, 0.4) is 0 Å². The van der Waals surface area contributed by atoms with Crippen LogP contribution in [0, 0.1) is 11.3 Å². The number of benzene rings is 1. The lowest BCUT2D eigenvalue weighted by Gasteiger charge is -2.11. The molecule has 1 aromatic rings. The van der Waals surface area contributed by atoms with Gasteiger partial charge in [0, 0.05) is 19.0 Å². The van der Waals surface area contributed by atoms with Gasteiger partial charge >= 0.3 is 5.97 Å². The van der Waals surface area contributed by atoms with Crippen molar-refractivity contribution >= 4 is 23.6 Å². The summed E-state index contributed by atoms with van der Waals surface area (Å²) in [6.07, 6.45) is 0. The molecule has 1 amide bonds. The number of esters is 1. The molecule has 0 saturated heterocycles. The molecule has 5 nitrogen and oxygen atoms in total. The minimum atomic E-state index is -0.554. The minimum Gasteiger partial charge on any atom is -0.447 e. The third-order valence-electron chi connectivity index (χ3n) is 2.22. The highest BCUT2D eigenvalue weighted by atomic mass is 32.2. The van der Waals surface area contributed by atoms with Gasteiger partial charge < -0.3 is 9.64 Å². The van der Waals surface area contributed by atoms with Crippen molar-refractivity contribution in [3.8, 4) is 6.07 Å². The van der Waals surface area contributed by atoms with E-state index in [1.807, 2.05) is 0 Å². The maximum Gasteiger partial charge on any atom is 0.340 e. The van der Waals surface area contributed by atoms with Gasteiger partial charge in [-0.3, -0.25) is 4.79 Å². The fourth-order valence-corrected chi connectivity index (χ4v) is 2.22. The molecule has 1 rings (SSSR count). The molecule has 0 aliphatic heterocycles. The monoisotopic (exact) mass is 278 g/mol. The maximum absolute atomic E-state index is 11.7. The second kappa shape index (κ2) is 7.44. The number of rotatable bonds is 5. The van der Waals surface area contributed by atoms with Gasteiger partial charge in [-0.15, -0.1) is 11.8 Å². The lowest BCUT2D eigenvalue weighted by atomic mass is 10.2. The molecule has 0 N–H and O–H groups in total. The van der Waals surface area contributed by atoms with Crippen molar-refractivity contribution in [3.05, 3.63) is 29.8 Å². The average Bonchev–Trinajstić information content (AvgIpc) is 2.42. The molecule has 0 heterocycles. The first-order valence-corrected chi connectivity index (χ1v) is 6.51. The lowest BCUT2D eigenvalue weighted by Crippen LogP contribution is -2.23. The predicted octanol–water partition coefficient (Wildman–Crippen LogP) is 1.55. The summed E-state index contributed by atoms with van der Waals surface area (Å²) in [4.78, 5) is 25.4. The Bertz CT molecular complexity index is 509. The summed E-state index contributed by atoms with van der Waals surface area (Å²) >= 11 is 1.27. The number of nitriles is 1. The van der Waals surface area contributed by atoms with Crippen LogP contribution in [0.5, 0.6) is 0 Å². The SMILES string of the molecule is CN(C)C(=O)CSc1ccccc1C(=O)OCC#N. The van der Waals surface area contributed by atoms with Gasteiger partial charge in [0.2, 0.25) is 5.91 Å².